The summed E-state index contributed by atoms with van der Waals surface area (Å²) in [5.41, 5.74) is 1.38. The van der Waals surface area contributed by atoms with Gasteiger partial charge in [0.15, 0.2) is 0 Å². The number of hydrogen-bond donors (Lipinski definition) is 3. The minimum Gasteiger partial charge on any atom is -0.481 e. The number of carboxylic acid groups (broad SMARTS) is 1. The number of aliphatic carboxylic acids is 1. The summed E-state index contributed by atoms with van der Waals surface area (Å²) in [7, 11) is 0. The van der Waals surface area contributed by atoms with E-state index in [4.69, 9.17) is 0 Å². The molecule has 152 valence electrons. The van der Waals surface area contributed by atoms with E-state index in [1.54, 1.807) is 0 Å². The van der Waals surface area contributed by atoms with Crippen LogP contribution in [0.25, 0.3) is 0 Å². The summed E-state index contributed by atoms with van der Waals surface area (Å²) in [5, 5.41) is 15.9. The van der Waals surface area contributed by atoms with E-state index < -0.39 is 17.8 Å². The molecular weight excluding hydrogens is 376 g/mol. The van der Waals surface area contributed by atoms with Gasteiger partial charge in [-0.05, 0) is 45.1 Å². The van der Waals surface area contributed by atoms with Crippen molar-refractivity contribution in [2.45, 2.75) is 64.8 Å². The van der Waals surface area contributed by atoms with Gasteiger partial charge < -0.3 is 15.7 Å². The maximum atomic E-state index is 12.9. The lowest BCUT2D eigenvalue weighted by Gasteiger charge is -2.25. The van der Waals surface area contributed by atoms with E-state index in [-0.39, 0.29) is 17.9 Å². The summed E-state index contributed by atoms with van der Waals surface area (Å²) in [5.74, 6) is -2.79. The molecule has 28 heavy (non-hydrogen) atoms. The number of thiophene rings is 1. The van der Waals surface area contributed by atoms with E-state index in [1.807, 2.05) is 26.0 Å². The Bertz CT molecular complexity index is 793. The highest BCUT2D eigenvalue weighted by Crippen LogP contribution is 2.35. The molecule has 6 nitrogen and oxygen atoms in total. The van der Waals surface area contributed by atoms with Crippen molar-refractivity contribution < 1.29 is 19.5 Å². The molecule has 2 aliphatic carbocycles. The first-order valence-corrected chi connectivity index (χ1v) is 10.8. The van der Waals surface area contributed by atoms with Crippen LogP contribution in [0.5, 0.6) is 0 Å². The zero-order valence-electron chi connectivity index (χ0n) is 16.4. The van der Waals surface area contributed by atoms with Gasteiger partial charge in [0.1, 0.15) is 5.00 Å². The molecule has 3 N–H and O–H groups in total. The fourth-order valence-electron chi connectivity index (χ4n) is 4.07. The zero-order chi connectivity index (χ0) is 20.3. The molecule has 2 amide bonds. The third kappa shape index (κ3) is 4.46. The lowest BCUT2D eigenvalue weighted by atomic mass is 9.82. The number of amides is 2. The summed E-state index contributed by atoms with van der Waals surface area (Å²) in [6.45, 7) is 3.82. The van der Waals surface area contributed by atoms with Crippen molar-refractivity contribution in [3.63, 3.8) is 0 Å². The first-order chi connectivity index (χ1) is 13.4. The Hall–Kier alpha value is -2.15. The third-order valence-corrected chi connectivity index (χ3v) is 7.00. The predicted octanol–water partition coefficient (Wildman–Crippen LogP) is 4.03. The van der Waals surface area contributed by atoms with Crippen LogP contribution in [0.4, 0.5) is 5.00 Å². The van der Waals surface area contributed by atoms with Crippen LogP contribution in [0.2, 0.25) is 0 Å². The van der Waals surface area contributed by atoms with Crippen molar-refractivity contribution in [1.82, 2.24) is 5.32 Å². The second-order valence-electron chi connectivity index (χ2n) is 7.78. The molecule has 0 saturated heterocycles. The number of allylic oxidation sites excluding steroid dienone is 2. The van der Waals surface area contributed by atoms with Crippen LogP contribution in [0.1, 0.15) is 65.7 Å². The summed E-state index contributed by atoms with van der Waals surface area (Å²) >= 11 is 1.38. The Morgan fingerprint density at radius 2 is 1.68 bits per heavy atom. The number of carbonyl (C=O) groups is 3. The smallest absolute Gasteiger partial charge is 0.307 e. The van der Waals surface area contributed by atoms with Crippen molar-refractivity contribution >= 4 is 34.1 Å². The van der Waals surface area contributed by atoms with Crippen LogP contribution >= 0.6 is 11.3 Å². The molecule has 0 radical (unpaired) electrons. The summed E-state index contributed by atoms with van der Waals surface area (Å²) in [6, 6.07) is 0.185. The maximum absolute atomic E-state index is 12.9. The minimum absolute atomic E-state index is 0.151. The van der Waals surface area contributed by atoms with E-state index in [1.165, 1.54) is 17.8 Å². The van der Waals surface area contributed by atoms with Crippen LogP contribution in [-0.2, 0) is 9.59 Å². The monoisotopic (exact) mass is 404 g/mol. The van der Waals surface area contributed by atoms with Crippen molar-refractivity contribution in [1.29, 1.82) is 0 Å². The number of nitrogens with one attached hydrogen (secondary N) is 2. The molecule has 0 bridgehead atoms. The van der Waals surface area contributed by atoms with Crippen molar-refractivity contribution in [3.05, 3.63) is 28.2 Å². The highest BCUT2D eigenvalue weighted by Gasteiger charge is 2.35. The quantitative estimate of drug-likeness (QED) is 0.646. The number of anilines is 1. The molecule has 1 aromatic heterocycles. The van der Waals surface area contributed by atoms with E-state index >= 15 is 0 Å². The van der Waals surface area contributed by atoms with E-state index in [9.17, 15) is 19.5 Å². The van der Waals surface area contributed by atoms with E-state index in [2.05, 4.69) is 10.6 Å². The normalized spacial score (nSPS) is 22.6. The Labute approximate surface area is 169 Å². The van der Waals surface area contributed by atoms with Crippen molar-refractivity contribution in [2.24, 2.45) is 11.8 Å². The number of carboxylic acids is 1. The van der Waals surface area contributed by atoms with Gasteiger partial charge in [-0.15, -0.1) is 11.3 Å². The van der Waals surface area contributed by atoms with Crippen LogP contribution < -0.4 is 10.6 Å². The second kappa shape index (κ2) is 8.90. The van der Waals surface area contributed by atoms with Gasteiger partial charge in [0, 0.05) is 10.9 Å². The van der Waals surface area contributed by atoms with E-state index in [0.717, 1.165) is 36.1 Å². The molecular formula is C21H28N2O4S. The zero-order valence-corrected chi connectivity index (χ0v) is 17.2. The predicted molar refractivity (Wildman–Crippen MR) is 110 cm³/mol. The third-order valence-electron chi connectivity index (χ3n) is 5.88. The number of aryl methyl sites for hydroxylation is 1. The summed E-state index contributed by atoms with van der Waals surface area (Å²) in [4.78, 5) is 38.2. The average molecular weight is 405 g/mol. The maximum Gasteiger partial charge on any atom is 0.307 e. The molecule has 0 aliphatic heterocycles. The van der Waals surface area contributed by atoms with Crippen molar-refractivity contribution in [3.8, 4) is 0 Å². The highest BCUT2D eigenvalue weighted by atomic mass is 32.1. The molecule has 1 saturated carbocycles. The molecule has 3 rings (SSSR count). The van der Waals surface area contributed by atoms with E-state index in [0.29, 0.717) is 23.4 Å². The first-order valence-electron chi connectivity index (χ1n) is 9.98. The van der Waals surface area contributed by atoms with Crippen LogP contribution in [-0.4, -0.2) is 28.9 Å². The largest absolute Gasteiger partial charge is 0.481 e. The summed E-state index contributed by atoms with van der Waals surface area (Å²) < 4.78 is 0. The van der Waals surface area contributed by atoms with Crippen molar-refractivity contribution in [2.75, 3.05) is 5.32 Å². The standard InChI is InChI=1S/C21H28N2O4S/c1-12-13(2)28-20(17(12)19(25)22-14-8-4-3-5-9-14)23-18(24)15-10-6-7-11-16(15)21(26)27/h6-7,14-16H,3-5,8-11H2,1-2H3,(H,22,25)(H,23,24)(H,26,27). The molecule has 1 heterocycles. The Morgan fingerprint density at radius 1 is 1.04 bits per heavy atom. The van der Waals surface area contributed by atoms with Gasteiger partial charge in [0.2, 0.25) is 5.91 Å². The van der Waals surface area contributed by atoms with Crippen LogP contribution in [0, 0.1) is 25.7 Å². The molecule has 7 heteroatoms. The average Bonchev–Trinajstić information content (AvgIpc) is 2.96. The van der Waals surface area contributed by atoms with Gasteiger partial charge in [0.05, 0.1) is 17.4 Å². The molecule has 1 aromatic rings. The fraction of sp³-hybridized carbons (Fsp3) is 0.571. The lowest BCUT2D eigenvalue weighted by Crippen LogP contribution is -2.37. The van der Waals surface area contributed by atoms with Crippen LogP contribution in [0.15, 0.2) is 12.2 Å². The summed E-state index contributed by atoms with van der Waals surface area (Å²) in [6.07, 6.45) is 9.86. The minimum atomic E-state index is -0.960. The number of hydrogen-bond acceptors (Lipinski definition) is 4. The molecule has 2 unspecified atom stereocenters. The van der Waals surface area contributed by atoms with Gasteiger partial charge in [-0.3, -0.25) is 14.4 Å². The van der Waals surface area contributed by atoms with Gasteiger partial charge in [-0.25, -0.2) is 0 Å². The Morgan fingerprint density at radius 3 is 2.32 bits per heavy atom. The van der Waals surface area contributed by atoms with Gasteiger partial charge in [-0.2, -0.15) is 0 Å². The fourth-order valence-corrected chi connectivity index (χ4v) is 5.14. The SMILES string of the molecule is Cc1sc(NC(=O)C2CC=CCC2C(=O)O)c(C(=O)NC2CCCCC2)c1C. The highest BCUT2D eigenvalue weighted by molar-refractivity contribution is 7.16. The molecule has 1 fully saturated rings. The van der Waals surface area contributed by atoms with Gasteiger partial charge in [0.25, 0.3) is 5.91 Å². The van der Waals surface area contributed by atoms with Crippen LogP contribution in [0.3, 0.4) is 0 Å². The second-order valence-corrected chi connectivity index (χ2v) is 9.00. The molecule has 2 aliphatic rings. The number of carbonyl (C=O) groups excluding carboxylic acids is 2. The van der Waals surface area contributed by atoms with Gasteiger partial charge in [-0.1, -0.05) is 31.4 Å². The van der Waals surface area contributed by atoms with Gasteiger partial charge >= 0.3 is 5.97 Å². The Balaban J connectivity index is 1.77. The topological polar surface area (TPSA) is 95.5 Å². The molecule has 2 atom stereocenters. The number of rotatable bonds is 5. The molecule has 0 spiro atoms. The lowest BCUT2D eigenvalue weighted by molar-refractivity contribution is -0.146. The molecule has 0 aromatic carbocycles. The first kappa shape index (κ1) is 20.6. The Kier molecular flexibility index (Phi) is 6.54.